The fraction of sp³-hybridized carbons (Fsp3) is 0.714. The maximum Gasteiger partial charge on any atom is 0.0879 e. The normalized spacial score (nSPS) is 27.2. The molecule has 1 rings (SSSR count). The maximum atomic E-state index is 5.94. The Balaban J connectivity index is 2.71. The van der Waals surface area contributed by atoms with Crippen LogP contribution < -0.4 is 0 Å². The molecule has 0 saturated heterocycles. The van der Waals surface area contributed by atoms with E-state index in [0.717, 1.165) is 32.3 Å². The molecule has 1 heteroatoms. The molecule has 1 aliphatic rings. The van der Waals surface area contributed by atoms with Crippen molar-refractivity contribution in [2.75, 3.05) is 6.61 Å². The molecule has 1 nitrogen and oxygen atoms in total. The van der Waals surface area contributed by atoms with Crippen LogP contribution in [0.3, 0.4) is 0 Å². The van der Waals surface area contributed by atoms with Crippen molar-refractivity contribution in [3.8, 4) is 12.3 Å². The molecule has 0 amide bonds. The number of ether oxygens (including phenoxy) is 1. The van der Waals surface area contributed by atoms with E-state index in [1.807, 2.05) is 0 Å². The highest BCUT2D eigenvalue weighted by atomic mass is 16.5. The number of rotatable bonds is 5. The summed E-state index contributed by atoms with van der Waals surface area (Å²) in [6, 6.07) is 0. The van der Waals surface area contributed by atoms with Gasteiger partial charge in [-0.3, -0.25) is 0 Å². The van der Waals surface area contributed by atoms with Crippen molar-refractivity contribution in [3.63, 3.8) is 0 Å². The first-order valence-corrected chi connectivity index (χ1v) is 6.00. The molecule has 0 aliphatic carbocycles. The third-order valence-electron chi connectivity index (χ3n) is 3.39. The van der Waals surface area contributed by atoms with Gasteiger partial charge in [-0.05, 0) is 31.3 Å². The van der Waals surface area contributed by atoms with Gasteiger partial charge in [0.2, 0.25) is 0 Å². The second-order valence-corrected chi connectivity index (χ2v) is 4.34. The van der Waals surface area contributed by atoms with Crippen molar-refractivity contribution >= 4 is 0 Å². The second kappa shape index (κ2) is 5.37. The van der Waals surface area contributed by atoms with Crippen LogP contribution in [0.15, 0.2) is 11.6 Å². The molecular weight excluding hydrogens is 184 g/mol. The van der Waals surface area contributed by atoms with Gasteiger partial charge in [0.25, 0.3) is 0 Å². The molecule has 1 aliphatic heterocycles. The predicted octanol–water partition coefficient (Wildman–Crippen LogP) is 3.55. The quantitative estimate of drug-likeness (QED) is 0.494. The van der Waals surface area contributed by atoms with E-state index in [-0.39, 0.29) is 5.60 Å². The van der Waals surface area contributed by atoms with E-state index in [1.54, 1.807) is 0 Å². The van der Waals surface area contributed by atoms with Crippen LogP contribution in [0.1, 0.15) is 46.5 Å². The van der Waals surface area contributed by atoms with Gasteiger partial charge in [-0.2, -0.15) is 0 Å². The third kappa shape index (κ3) is 2.86. The SMILES string of the molecule is C#C[C@H](CC)C[C@]1(CC)C=C(CC)CO1. The van der Waals surface area contributed by atoms with Gasteiger partial charge in [-0.1, -0.05) is 26.8 Å². The zero-order chi connectivity index (χ0) is 11.3. The van der Waals surface area contributed by atoms with Crippen molar-refractivity contribution < 1.29 is 4.74 Å². The van der Waals surface area contributed by atoms with E-state index >= 15 is 0 Å². The fourth-order valence-corrected chi connectivity index (χ4v) is 2.10. The van der Waals surface area contributed by atoms with Crippen molar-refractivity contribution in [2.24, 2.45) is 5.92 Å². The highest BCUT2D eigenvalue weighted by Crippen LogP contribution is 2.34. The molecule has 0 unspecified atom stereocenters. The summed E-state index contributed by atoms with van der Waals surface area (Å²) in [4.78, 5) is 0. The van der Waals surface area contributed by atoms with Gasteiger partial charge in [-0.25, -0.2) is 0 Å². The fourth-order valence-electron chi connectivity index (χ4n) is 2.10. The Morgan fingerprint density at radius 1 is 1.53 bits per heavy atom. The zero-order valence-electron chi connectivity index (χ0n) is 10.2. The Hall–Kier alpha value is -0.740. The van der Waals surface area contributed by atoms with Gasteiger partial charge < -0.3 is 4.74 Å². The average Bonchev–Trinajstić information content (AvgIpc) is 2.70. The Labute approximate surface area is 93.9 Å². The molecule has 0 N–H and O–H groups in total. The highest BCUT2D eigenvalue weighted by molar-refractivity contribution is 5.18. The number of hydrogen-bond donors (Lipinski definition) is 0. The Bertz CT molecular complexity index is 272. The van der Waals surface area contributed by atoms with E-state index in [4.69, 9.17) is 11.2 Å². The van der Waals surface area contributed by atoms with Crippen molar-refractivity contribution in [3.05, 3.63) is 11.6 Å². The van der Waals surface area contributed by atoms with Crippen LogP contribution in [0.25, 0.3) is 0 Å². The average molecular weight is 206 g/mol. The summed E-state index contributed by atoms with van der Waals surface area (Å²) >= 11 is 0. The van der Waals surface area contributed by atoms with E-state index in [9.17, 15) is 0 Å². The monoisotopic (exact) mass is 206 g/mol. The smallest absolute Gasteiger partial charge is 0.0879 e. The lowest BCUT2D eigenvalue weighted by molar-refractivity contribution is 0.00672. The summed E-state index contributed by atoms with van der Waals surface area (Å²) in [5.41, 5.74) is 1.35. The maximum absolute atomic E-state index is 5.94. The summed E-state index contributed by atoms with van der Waals surface area (Å²) < 4.78 is 5.94. The molecule has 0 aromatic rings. The van der Waals surface area contributed by atoms with Gasteiger partial charge in [0.15, 0.2) is 0 Å². The van der Waals surface area contributed by atoms with Gasteiger partial charge in [0, 0.05) is 5.92 Å². The molecule has 84 valence electrons. The highest BCUT2D eigenvalue weighted by Gasteiger charge is 2.33. The lowest BCUT2D eigenvalue weighted by Gasteiger charge is -2.27. The first kappa shape index (κ1) is 12.3. The number of hydrogen-bond acceptors (Lipinski definition) is 1. The zero-order valence-corrected chi connectivity index (χ0v) is 10.2. The van der Waals surface area contributed by atoms with Crippen LogP contribution in [-0.4, -0.2) is 12.2 Å². The molecule has 0 saturated carbocycles. The summed E-state index contributed by atoms with van der Waals surface area (Å²) in [6.45, 7) is 7.30. The van der Waals surface area contributed by atoms with Crippen molar-refractivity contribution in [1.82, 2.24) is 0 Å². The predicted molar refractivity (Wildman–Crippen MR) is 64.6 cm³/mol. The van der Waals surface area contributed by atoms with E-state index in [1.165, 1.54) is 5.57 Å². The first-order valence-electron chi connectivity index (χ1n) is 6.00. The molecule has 15 heavy (non-hydrogen) atoms. The van der Waals surface area contributed by atoms with Gasteiger partial charge in [0.05, 0.1) is 12.2 Å². The Kier molecular flexibility index (Phi) is 4.42. The molecule has 1 heterocycles. The van der Waals surface area contributed by atoms with E-state index < -0.39 is 0 Å². The number of terminal acetylenes is 1. The molecule has 2 atom stereocenters. The minimum Gasteiger partial charge on any atom is -0.367 e. The van der Waals surface area contributed by atoms with Crippen LogP contribution in [0.4, 0.5) is 0 Å². The van der Waals surface area contributed by atoms with Gasteiger partial charge in [0.1, 0.15) is 0 Å². The second-order valence-electron chi connectivity index (χ2n) is 4.34. The Morgan fingerprint density at radius 2 is 2.27 bits per heavy atom. The molecule has 0 bridgehead atoms. The van der Waals surface area contributed by atoms with E-state index in [0.29, 0.717) is 5.92 Å². The first-order chi connectivity index (χ1) is 7.19. The topological polar surface area (TPSA) is 9.23 Å². The van der Waals surface area contributed by atoms with Crippen LogP contribution in [0.5, 0.6) is 0 Å². The molecule has 0 fully saturated rings. The molecular formula is C14H22O. The largest absolute Gasteiger partial charge is 0.367 e. The summed E-state index contributed by atoms with van der Waals surface area (Å²) in [5.74, 6) is 3.21. The van der Waals surface area contributed by atoms with Gasteiger partial charge >= 0.3 is 0 Å². The van der Waals surface area contributed by atoms with Crippen molar-refractivity contribution in [2.45, 2.75) is 52.1 Å². The standard InChI is InChI=1S/C14H22O/c1-5-12(6-2)9-14(8-4)10-13(7-3)11-15-14/h1,10,12H,6-9,11H2,2-4H3/t12-,14-/m1/s1. The summed E-state index contributed by atoms with van der Waals surface area (Å²) in [6.07, 6.45) is 12.0. The van der Waals surface area contributed by atoms with Crippen LogP contribution in [0, 0.1) is 18.3 Å². The Morgan fingerprint density at radius 3 is 2.67 bits per heavy atom. The molecule has 0 aromatic carbocycles. The molecule has 0 spiro atoms. The third-order valence-corrected chi connectivity index (χ3v) is 3.39. The molecule has 0 aromatic heterocycles. The minimum absolute atomic E-state index is 0.0710. The van der Waals surface area contributed by atoms with E-state index in [2.05, 4.69) is 32.8 Å². The lowest BCUT2D eigenvalue weighted by atomic mass is 9.86. The summed E-state index contributed by atoms with van der Waals surface area (Å²) in [7, 11) is 0. The van der Waals surface area contributed by atoms with Gasteiger partial charge in [-0.15, -0.1) is 12.3 Å². The van der Waals surface area contributed by atoms with Crippen molar-refractivity contribution in [1.29, 1.82) is 0 Å². The lowest BCUT2D eigenvalue weighted by Crippen LogP contribution is -2.28. The van der Waals surface area contributed by atoms with Crippen LogP contribution in [-0.2, 0) is 4.74 Å². The van der Waals surface area contributed by atoms with Crippen LogP contribution in [0.2, 0.25) is 0 Å². The van der Waals surface area contributed by atoms with Crippen LogP contribution >= 0.6 is 0 Å². The molecule has 0 radical (unpaired) electrons. The minimum atomic E-state index is -0.0710. The summed E-state index contributed by atoms with van der Waals surface area (Å²) in [5, 5.41) is 0.